The molecule has 0 radical (unpaired) electrons. The number of aromatic nitrogens is 3. The van der Waals surface area contributed by atoms with E-state index in [4.69, 9.17) is 11.6 Å². The van der Waals surface area contributed by atoms with Crippen molar-refractivity contribution in [2.24, 2.45) is 0 Å². The summed E-state index contributed by atoms with van der Waals surface area (Å²) in [4.78, 5) is 17.2. The second-order valence-electron chi connectivity index (χ2n) is 6.25. The Balaban J connectivity index is 1.76. The molecule has 0 aliphatic carbocycles. The Hall–Kier alpha value is -2.25. The first kappa shape index (κ1) is 19.5. The van der Waals surface area contributed by atoms with Gasteiger partial charge in [0.05, 0.1) is 34.5 Å². The number of aryl methyl sites for hydroxylation is 2. The van der Waals surface area contributed by atoms with E-state index in [9.17, 15) is 9.18 Å². The Bertz CT molecular complexity index is 951. The van der Waals surface area contributed by atoms with E-state index in [1.54, 1.807) is 35.1 Å². The minimum Gasteiger partial charge on any atom is -0.344 e. The van der Waals surface area contributed by atoms with Crippen molar-refractivity contribution in [3.63, 3.8) is 0 Å². The molecule has 0 aliphatic rings. The maximum atomic E-state index is 13.1. The van der Waals surface area contributed by atoms with Gasteiger partial charge in [0.2, 0.25) is 0 Å². The summed E-state index contributed by atoms with van der Waals surface area (Å²) in [6.07, 6.45) is 0.867. The average molecular weight is 407 g/mol. The Kier molecular flexibility index (Phi) is 5.92. The van der Waals surface area contributed by atoms with Gasteiger partial charge in [-0.3, -0.25) is 4.79 Å². The van der Waals surface area contributed by atoms with Gasteiger partial charge in [0.25, 0.3) is 5.91 Å². The maximum Gasteiger partial charge on any atom is 0.256 e. The lowest BCUT2D eigenvalue weighted by Crippen LogP contribution is -2.27. The zero-order chi connectivity index (χ0) is 19.6. The quantitative estimate of drug-likeness (QED) is 0.653. The van der Waals surface area contributed by atoms with Gasteiger partial charge in [-0.25, -0.2) is 14.1 Å². The third kappa shape index (κ3) is 4.36. The normalized spacial score (nSPS) is 12.2. The van der Waals surface area contributed by atoms with Crippen LogP contribution >= 0.6 is 22.9 Å². The van der Waals surface area contributed by atoms with Gasteiger partial charge >= 0.3 is 0 Å². The molecular formula is C19H20ClFN4OS. The van der Waals surface area contributed by atoms with Crippen LogP contribution in [0.3, 0.4) is 0 Å². The maximum absolute atomic E-state index is 13.1. The predicted octanol–water partition coefficient (Wildman–Crippen LogP) is 4.54. The number of nitrogens with one attached hydrogen (secondary N) is 1. The van der Waals surface area contributed by atoms with Gasteiger partial charge in [-0.15, -0.1) is 11.3 Å². The fourth-order valence-corrected chi connectivity index (χ4v) is 3.87. The lowest BCUT2D eigenvalue weighted by atomic mass is 10.2. The third-order valence-electron chi connectivity index (χ3n) is 4.20. The van der Waals surface area contributed by atoms with Crippen LogP contribution in [-0.2, 0) is 13.0 Å². The lowest BCUT2D eigenvalue weighted by Gasteiger charge is -2.11. The van der Waals surface area contributed by atoms with Gasteiger partial charge < -0.3 is 5.32 Å². The van der Waals surface area contributed by atoms with Crippen molar-refractivity contribution in [3.8, 4) is 0 Å². The standard InChI is InChI=1S/C19H20ClFN4OS/c1-4-16-23-15(10-27-16)11(2)22-19(26)17-12(3)24-25(18(17)20)9-13-5-7-14(21)8-6-13/h5-8,10-11H,4,9H2,1-3H3,(H,22,26). The van der Waals surface area contributed by atoms with E-state index in [2.05, 4.69) is 15.4 Å². The molecule has 8 heteroatoms. The summed E-state index contributed by atoms with van der Waals surface area (Å²) in [6.45, 7) is 6.03. The van der Waals surface area contributed by atoms with Crippen LogP contribution < -0.4 is 5.32 Å². The zero-order valence-electron chi connectivity index (χ0n) is 15.3. The minimum absolute atomic E-state index is 0.232. The molecule has 0 saturated carbocycles. The number of thiazole rings is 1. The van der Waals surface area contributed by atoms with Crippen molar-refractivity contribution in [2.45, 2.75) is 39.8 Å². The Morgan fingerprint density at radius 2 is 2.07 bits per heavy atom. The van der Waals surface area contributed by atoms with E-state index in [1.807, 2.05) is 19.2 Å². The number of hydrogen-bond donors (Lipinski definition) is 1. The zero-order valence-corrected chi connectivity index (χ0v) is 16.9. The van der Waals surface area contributed by atoms with E-state index >= 15 is 0 Å². The molecule has 1 unspecified atom stereocenters. The molecule has 3 aromatic rings. The van der Waals surface area contributed by atoms with Gasteiger partial charge in [-0.05, 0) is 38.0 Å². The van der Waals surface area contributed by atoms with E-state index in [0.29, 0.717) is 17.8 Å². The van der Waals surface area contributed by atoms with Crippen LogP contribution in [-0.4, -0.2) is 20.7 Å². The highest BCUT2D eigenvalue weighted by Crippen LogP contribution is 2.23. The molecule has 1 aromatic carbocycles. The summed E-state index contributed by atoms with van der Waals surface area (Å²) in [7, 11) is 0. The van der Waals surface area contributed by atoms with Crippen LogP contribution in [0.5, 0.6) is 0 Å². The largest absolute Gasteiger partial charge is 0.344 e. The molecule has 2 aromatic heterocycles. The van der Waals surface area contributed by atoms with Crippen LogP contribution in [0.15, 0.2) is 29.6 Å². The van der Waals surface area contributed by atoms with Crippen molar-refractivity contribution < 1.29 is 9.18 Å². The van der Waals surface area contributed by atoms with Gasteiger partial charge in [0.15, 0.2) is 0 Å². The number of halogens is 2. The number of nitrogens with zero attached hydrogens (tertiary/aromatic N) is 3. The molecule has 0 spiro atoms. The van der Waals surface area contributed by atoms with Crippen molar-refractivity contribution in [1.82, 2.24) is 20.1 Å². The van der Waals surface area contributed by atoms with E-state index < -0.39 is 0 Å². The SMILES string of the molecule is CCc1nc(C(C)NC(=O)c2c(C)nn(Cc3ccc(F)cc3)c2Cl)cs1. The Morgan fingerprint density at radius 1 is 1.37 bits per heavy atom. The van der Waals surface area contributed by atoms with E-state index in [1.165, 1.54) is 12.1 Å². The highest BCUT2D eigenvalue weighted by Gasteiger charge is 2.22. The highest BCUT2D eigenvalue weighted by molar-refractivity contribution is 7.09. The summed E-state index contributed by atoms with van der Waals surface area (Å²) in [5.74, 6) is -0.592. The third-order valence-corrected chi connectivity index (χ3v) is 5.60. The number of amides is 1. The molecule has 1 atom stereocenters. The van der Waals surface area contributed by atoms with Crippen molar-refractivity contribution in [2.75, 3.05) is 0 Å². The van der Waals surface area contributed by atoms with Crippen molar-refractivity contribution >= 4 is 28.8 Å². The van der Waals surface area contributed by atoms with Gasteiger partial charge in [-0.1, -0.05) is 30.7 Å². The van der Waals surface area contributed by atoms with Crippen LogP contribution in [0, 0.1) is 12.7 Å². The Labute approximate surface area is 166 Å². The van der Waals surface area contributed by atoms with Crippen LogP contribution in [0.1, 0.15) is 52.2 Å². The number of hydrogen-bond acceptors (Lipinski definition) is 4. The van der Waals surface area contributed by atoms with Crippen molar-refractivity contribution in [3.05, 3.63) is 68.1 Å². The number of rotatable bonds is 6. The molecule has 0 saturated heterocycles. The number of carbonyl (C=O) groups is 1. The average Bonchev–Trinajstić information content (AvgIpc) is 3.22. The van der Waals surface area contributed by atoms with E-state index in [-0.39, 0.29) is 22.9 Å². The first-order valence-electron chi connectivity index (χ1n) is 8.61. The predicted molar refractivity (Wildman–Crippen MR) is 105 cm³/mol. The van der Waals surface area contributed by atoms with E-state index in [0.717, 1.165) is 22.7 Å². The Morgan fingerprint density at radius 3 is 2.70 bits per heavy atom. The van der Waals surface area contributed by atoms with Crippen LogP contribution in [0.25, 0.3) is 0 Å². The fourth-order valence-electron chi connectivity index (χ4n) is 2.71. The molecule has 142 valence electrons. The second-order valence-corrected chi connectivity index (χ2v) is 7.55. The van der Waals surface area contributed by atoms with Crippen LogP contribution in [0.2, 0.25) is 5.15 Å². The van der Waals surface area contributed by atoms with Gasteiger partial charge in [0.1, 0.15) is 11.0 Å². The summed E-state index contributed by atoms with van der Waals surface area (Å²) < 4.78 is 14.6. The molecule has 0 aliphatic heterocycles. The summed E-state index contributed by atoms with van der Waals surface area (Å²) in [6, 6.07) is 5.86. The molecule has 5 nitrogen and oxygen atoms in total. The van der Waals surface area contributed by atoms with Crippen LogP contribution in [0.4, 0.5) is 4.39 Å². The second kappa shape index (κ2) is 8.19. The number of benzene rings is 1. The number of carbonyl (C=O) groups excluding carboxylic acids is 1. The first-order chi connectivity index (χ1) is 12.9. The molecule has 27 heavy (non-hydrogen) atoms. The molecule has 3 rings (SSSR count). The van der Waals surface area contributed by atoms with Crippen molar-refractivity contribution in [1.29, 1.82) is 0 Å². The topological polar surface area (TPSA) is 59.8 Å². The summed E-state index contributed by atoms with van der Waals surface area (Å²) >= 11 is 8.00. The lowest BCUT2D eigenvalue weighted by molar-refractivity contribution is 0.0938. The molecule has 0 fully saturated rings. The smallest absolute Gasteiger partial charge is 0.256 e. The molecule has 0 bridgehead atoms. The molecule has 2 heterocycles. The molecule has 1 N–H and O–H groups in total. The van der Waals surface area contributed by atoms with Gasteiger partial charge in [0, 0.05) is 5.38 Å². The first-order valence-corrected chi connectivity index (χ1v) is 9.87. The molecular weight excluding hydrogens is 387 g/mol. The van der Waals surface area contributed by atoms with Gasteiger partial charge in [-0.2, -0.15) is 5.10 Å². The fraction of sp³-hybridized carbons (Fsp3) is 0.316. The summed E-state index contributed by atoms with van der Waals surface area (Å²) in [5, 5.41) is 10.5. The molecule has 1 amide bonds. The monoisotopic (exact) mass is 406 g/mol. The summed E-state index contributed by atoms with van der Waals surface area (Å²) in [5.41, 5.74) is 2.56. The highest BCUT2D eigenvalue weighted by atomic mass is 35.5. The minimum atomic E-state index is -0.302.